The van der Waals surface area contributed by atoms with Crippen molar-refractivity contribution in [3.8, 4) is 11.5 Å². The summed E-state index contributed by atoms with van der Waals surface area (Å²) in [6.45, 7) is 0. The van der Waals surface area contributed by atoms with Gasteiger partial charge in [0.1, 0.15) is 0 Å². The first kappa shape index (κ1) is 17.4. The van der Waals surface area contributed by atoms with Crippen LogP contribution in [0.25, 0.3) is 6.08 Å². The maximum absolute atomic E-state index is 12.0. The van der Waals surface area contributed by atoms with E-state index in [2.05, 4.69) is 21.2 Å². The van der Waals surface area contributed by atoms with Crippen LogP contribution in [0.2, 0.25) is 5.02 Å². The number of nitrogens with one attached hydrogen (secondary N) is 1. The van der Waals surface area contributed by atoms with E-state index in [1.54, 1.807) is 44.6 Å². The monoisotopic (exact) mass is 395 g/mol. The molecular formula is C17H15BrClNO3. The Morgan fingerprint density at radius 3 is 2.65 bits per heavy atom. The molecule has 120 valence electrons. The zero-order chi connectivity index (χ0) is 16.8. The van der Waals surface area contributed by atoms with Gasteiger partial charge in [0.25, 0.3) is 0 Å². The standard InChI is InChI=1S/C17H15BrClNO3/c1-22-15-5-3-4-11(17(15)23-2)6-9-16(21)20-14-8-7-12(18)10-13(14)19/h3-10H,1-2H3,(H,20,21)/b9-6+. The van der Waals surface area contributed by atoms with Crippen molar-refractivity contribution in [2.75, 3.05) is 19.5 Å². The molecule has 0 aromatic heterocycles. The lowest BCUT2D eigenvalue weighted by Gasteiger charge is -2.10. The number of methoxy groups -OCH3 is 2. The van der Waals surface area contributed by atoms with E-state index in [0.717, 1.165) is 10.0 Å². The molecule has 0 aliphatic carbocycles. The summed E-state index contributed by atoms with van der Waals surface area (Å²) < 4.78 is 11.4. The number of halogens is 2. The molecule has 0 heterocycles. The number of hydrogen-bond donors (Lipinski definition) is 1. The van der Waals surface area contributed by atoms with Crippen LogP contribution in [0.5, 0.6) is 11.5 Å². The van der Waals surface area contributed by atoms with Crippen molar-refractivity contribution >= 4 is 45.2 Å². The first-order valence-electron chi connectivity index (χ1n) is 6.70. The Labute approximate surface area is 148 Å². The van der Waals surface area contributed by atoms with Gasteiger partial charge < -0.3 is 14.8 Å². The highest BCUT2D eigenvalue weighted by Crippen LogP contribution is 2.31. The molecule has 4 nitrogen and oxygen atoms in total. The largest absolute Gasteiger partial charge is 0.493 e. The van der Waals surface area contributed by atoms with Crippen LogP contribution in [-0.2, 0) is 4.79 Å². The van der Waals surface area contributed by atoms with Crippen molar-refractivity contribution in [3.05, 3.63) is 57.5 Å². The van der Waals surface area contributed by atoms with Crippen LogP contribution in [0.4, 0.5) is 5.69 Å². The van der Waals surface area contributed by atoms with E-state index in [-0.39, 0.29) is 5.91 Å². The highest BCUT2D eigenvalue weighted by molar-refractivity contribution is 9.10. The van der Waals surface area contributed by atoms with Gasteiger partial charge in [-0.3, -0.25) is 4.79 Å². The van der Waals surface area contributed by atoms with E-state index < -0.39 is 0 Å². The number of carbonyl (C=O) groups is 1. The topological polar surface area (TPSA) is 47.6 Å². The van der Waals surface area contributed by atoms with E-state index >= 15 is 0 Å². The summed E-state index contributed by atoms with van der Waals surface area (Å²) in [5.41, 5.74) is 1.28. The van der Waals surface area contributed by atoms with Crippen LogP contribution < -0.4 is 14.8 Å². The van der Waals surface area contributed by atoms with Crippen LogP contribution in [0, 0.1) is 0 Å². The van der Waals surface area contributed by atoms with Crippen molar-refractivity contribution in [1.82, 2.24) is 0 Å². The van der Waals surface area contributed by atoms with Gasteiger partial charge in [-0.05, 0) is 30.3 Å². The Morgan fingerprint density at radius 2 is 2.00 bits per heavy atom. The van der Waals surface area contributed by atoms with Gasteiger partial charge in [0.05, 0.1) is 24.9 Å². The maximum Gasteiger partial charge on any atom is 0.248 e. The molecule has 2 aromatic rings. The van der Waals surface area contributed by atoms with Gasteiger partial charge in [-0.15, -0.1) is 0 Å². The molecule has 0 atom stereocenters. The third-order valence-electron chi connectivity index (χ3n) is 3.04. The predicted molar refractivity (Wildman–Crippen MR) is 96.4 cm³/mol. The lowest BCUT2D eigenvalue weighted by atomic mass is 10.1. The minimum absolute atomic E-state index is 0.293. The molecule has 1 N–H and O–H groups in total. The third kappa shape index (κ3) is 4.50. The van der Waals surface area contributed by atoms with Crippen molar-refractivity contribution in [2.45, 2.75) is 0 Å². The molecular weight excluding hydrogens is 382 g/mol. The quantitative estimate of drug-likeness (QED) is 0.741. The summed E-state index contributed by atoms with van der Waals surface area (Å²) in [4.78, 5) is 12.0. The summed E-state index contributed by atoms with van der Waals surface area (Å²) in [6, 6.07) is 10.7. The summed E-state index contributed by atoms with van der Waals surface area (Å²) in [7, 11) is 3.12. The number of benzene rings is 2. The molecule has 0 aliphatic heterocycles. The molecule has 1 amide bonds. The van der Waals surface area contributed by atoms with E-state index in [0.29, 0.717) is 22.2 Å². The number of para-hydroxylation sites is 1. The van der Waals surface area contributed by atoms with E-state index in [4.69, 9.17) is 21.1 Å². The molecule has 2 aromatic carbocycles. The molecule has 0 unspecified atom stereocenters. The predicted octanol–water partition coefficient (Wildman–Crippen LogP) is 4.77. The van der Waals surface area contributed by atoms with Crippen LogP contribution in [0.1, 0.15) is 5.56 Å². The van der Waals surface area contributed by atoms with Crippen LogP contribution in [0.3, 0.4) is 0 Å². The second kappa shape index (κ2) is 8.04. The number of rotatable bonds is 5. The van der Waals surface area contributed by atoms with Gasteiger partial charge in [0, 0.05) is 16.1 Å². The molecule has 6 heteroatoms. The average Bonchev–Trinajstić information content (AvgIpc) is 2.55. The highest BCUT2D eigenvalue weighted by atomic mass is 79.9. The first-order valence-corrected chi connectivity index (χ1v) is 7.87. The molecule has 0 radical (unpaired) electrons. The third-order valence-corrected chi connectivity index (χ3v) is 3.84. The molecule has 0 saturated carbocycles. The summed E-state index contributed by atoms with van der Waals surface area (Å²) >= 11 is 9.39. The fourth-order valence-corrected chi connectivity index (χ4v) is 2.69. The normalized spacial score (nSPS) is 10.6. The van der Waals surface area contributed by atoms with Crippen molar-refractivity contribution in [1.29, 1.82) is 0 Å². The van der Waals surface area contributed by atoms with Crippen LogP contribution >= 0.6 is 27.5 Å². The summed E-state index contributed by atoms with van der Waals surface area (Å²) in [6.07, 6.45) is 3.07. The highest BCUT2D eigenvalue weighted by Gasteiger charge is 2.08. The lowest BCUT2D eigenvalue weighted by Crippen LogP contribution is -2.08. The molecule has 2 rings (SSSR count). The maximum atomic E-state index is 12.0. The van der Waals surface area contributed by atoms with Gasteiger partial charge in [-0.2, -0.15) is 0 Å². The van der Waals surface area contributed by atoms with E-state index in [1.807, 2.05) is 12.1 Å². The second-order valence-corrected chi connectivity index (χ2v) is 5.85. The molecule has 0 aliphatic rings. The second-order valence-electron chi connectivity index (χ2n) is 4.53. The number of anilines is 1. The number of amides is 1. The zero-order valence-corrected chi connectivity index (χ0v) is 14.9. The van der Waals surface area contributed by atoms with Gasteiger partial charge in [0.15, 0.2) is 11.5 Å². The van der Waals surface area contributed by atoms with Crippen LogP contribution in [0.15, 0.2) is 46.9 Å². The molecule has 0 spiro atoms. The minimum Gasteiger partial charge on any atom is -0.493 e. The number of hydrogen-bond acceptors (Lipinski definition) is 3. The Balaban J connectivity index is 2.15. The number of ether oxygens (including phenoxy) is 2. The Kier molecular flexibility index (Phi) is 6.07. The summed E-state index contributed by atoms with van der Waals surface area (Å²) in [5.74, 6) is 0.880. The Hall–Kier alpha value is -1.98. The Bertz CT molecular complexity index is 747. The SMILES string of the molecule is COc1cccc(/C=C/C(=O)Nc2ccc(Br)cc2Cl)c1OC. The Morgan fingerprint density at radius 1 is 1.22 bits per heavy atom. The molecule has 23 heavy (non-hydrogen) atoms. The van der Waals surface area contributed by atoms with Gasteiger partial charge >= 0.3 is 0 Å². The average molecular weight is 397 g/mol. The molecule has 0 fully saturated rings. The molecule has 0 bridgehead atoms. The van der Waals surface area contributed by atoms with Crippen molar-refractivity contribution in [2.24, 2.45) is 0 Å². The van der Waals surface area contributed by atoms with E-state index in [9.17, 15) is 4.79 Å². The van der Waals surface area contributed by atoms with Gasteiger partial charge in [-0.1, -0.05) is 39.7 Å². The summed E-state index contributed by atoms with van der Waals surface area (Å²) in [5, 5.41) is 3.18. The number of carbonyl (C=O) groups excluding carboxylic acids is 1. The van der Waals surface area contributed by atoms with Gasteiger partial charge in [0.2, 0.25) is 5.91 Å². The van der Waals surface area contributed by atoms with Gasteiger partial charge in [-0.25, -0.2) is 0 Å². The molecule has 0 saturated heterocycles. The van der Waals surface area contributed by atoms with Crippen LogP contribution in [-0.4, -0.2) is 20.1 Å². The fourth-order valence-electron chi connectivity index (χ4n) is 1.97. The zero-order valence-electron chi connectivity index (χ0n) is 12.6. The van der Waals surface area contributed by atoms with E-state index in [1.165, 1.54) is 6.08 Å². The lowest BCUT2D eigenvalue weighted by molar-refractivity contribution is -0.111. The van der Waals surface area contributed by atoms with Crippen molar-refractivity contribution in [3.63, 3.8) is 0 Å². The van der Waals surface area contributed by atoms with Crippen molar-refractivity contribution < 1.29 is 14.3 Å². The minimum atomic E-state index is -0.293. The smallest absolute Gasteiger partial charge is 0.248 e. The first-order chi connectivity index (χ1) is 11.0. The fraction of sp³-hybridized carbons (Fsp3) is 0.118.